The van der Waals surface area contributed by atoms with Gasteiger partial charge in [0.05, 0.1) is 7.11 Å². The number of benzene rings is 3. The van der Waals surface area contributed by atoms with Crippen molar-refractivity contribution in [3.63, 3.8) is 0 Å². The van der Waals surface area contributed by atoms with Crippen molar-refractivity contribution < 1.29 is 9.53 Å². The average Bonchev–Trinajstić information content (AvgIpc) is 2.85. The van der Waals surface area contributed by atoms with Crippen LogP contribution in [0.4, 0.5) is 0 Å². The third-order valence-electron chi connectivity index (χ3n) is 6.26. The second kappa shape index (κ2) is 6.84. The summed E-state index contributed by atoms with van der Waals surface area (Å²) in [5, 5.41) is 0. The monoisotopic (exact) mass is 392 g/mol. The molecule has 3 aromatic rings. The highest BCUT2D eigenvalue weighted by Gasteiger charge is 2.38. The second-order valence-electron chi connectivity index (χ2n) is 8.67. The minimum Gasteiger partial charge on any atom is -0.497 e. The molecule has 148 valence electrons. The molecular weight excluding hydrogens is 368 g/mol. The van der Waals surface area contributed by atoms with Crippen molar-refractivity contribution in [2.24, 2.45) is 5.41 Å². The Bertz CT molecular complexity index is 1230. The number of ketones is 1. The van der Waals surface area contributed by atoms with Gasteiger partial charge < -0.3 is 4.74 Å². The topological polar surface area (TPSA) is 26.3 Å². The van der Waals surface area contributed by atoms with E-state index in [2.05, 4.69) is 56.3 Å². The first-order valence-corrected chi connectivity index (χ1v) is 10.3. The van der Waals surface area contributed by atoms with Crippen LogP contribution >= 0.6 is 0 Å². The highest BCUT2D eigenvalue weighted by Crippen LogP contribution is 2.51. The zero-order chi connectivity index (χ0) is 20.9. The maximum Gasteiger partial charge on any atom is 0.186 e. The lowest BCUT2D eigenvalue weighted by atomic mass is 9.71. The van der Waals surface area contributed by atoms with E-state index in [0.717, 1.165) is 34.4 Å². The summed E-state index contributed by atoms with van der Waals surface area (Å²) >= 11 is 0. The van der Waals surface area contributed by atoms with Crippen molar-refractivity contribution in [1.29, 1.82) is 0 Å². The van der Waals surface area contributed by atoms with Crippen LogP contribution in [-0.2, 0) is 6.42 Å². The first-order valence-electron chi connectivity index (χ1n) is 10.3. The number of carbonyl (C=O) groups excluding carboxylic acids is 1. The molecule has 30 heavy (non-hydrogen) atoms. The van der Waals surface area contributed by atoms with Crippen LogP contribution in [0.2, 0.25) is 0 Å². The standard InChI is InChI=1S/C28H24O2/c1-28(2)17-19-15-20(30-3)13-14-21(19)26(18-9-5-4-6-10-18)27-23-12-8-7-11-22(23)25(29)16-24(27)28/h4-16H,17H2,1-3H3. The van der Waals surface area contributed by atoms with Crippen LogP contribution in [0.5, 0.6) is 5.75 Å². The van der Waals surface area contributed by atoms with Gasteiger partial charge in [-0.15, -0.1) is 0 Å². The van der Waals surface area contributed by atoms with E-state index in [1.807, 2.05) is 36.4 Å². The molecule has 0 aromatic heterocycles. The lowest BCUT2D eigenvalue weighted by Gasteiger charge is -2.32. The molecule has 0 saturated carbocycles. The third kappa shape index (κ3) is 2.83. The van der Waals surface area contributed by atoms with Gasteiger partial charge in [-0.1, -0.05) is 74.5 Å². The normalized spacial score (nSPS) is 16.8. The Hall–Kier alpha value is -3.39. The fraction of sp³-hybridized carbons (Fsp3) is 0.179. The molecule has 0 fully saturated rings. The van der Waals surface area contributed by atoms with Crippen LogP contribution in [0.3, 0.4) is 0 Å². The molecule has 2 heteroatoms. The average molecular weight is 392 g/mol. The number of hydrogen-bond acceptors (Lipinski definition) is 2. The summed E-state index contributed by atoms with van der Waals surface area (Å²) in [4.78, 5) is 13.0. The summed E-state index contributed by atoms with van der Waals surface area (Å²) < 4.78 is 5.54. The van der Waals surface area contributed by atoms with Crippen LogP contribution in [0.25, 0.3) is 11.1 Å². The predicted molar refractivity (Wildman–Crippen MR) is 122 cm³/mol. The van der Waals surface area contributed by atoms with Crippen LogP contribution < -0.4 is 4.74 Å². The smallest absolute Gasteiger partial charge is 0.186 e. The fourth-order valence-electron chi connectivity index (χ4n) is 4.84. The number of rotatable bonds is 2. The van der Waals surface area contributed by atoms with E-state index in [0.29, 0.717) is 0 Å². The molecule has 3 aromatic carbocycles. The zero-order valence-corrected chi connectivity index (χ0v) is 17.5. The molecular formula is C28H24O2. The van der Waals surface area contributed by atoms with E-state index in [1.54, 1.807) is 7.11 Å². The summed E-state index contributed by atoms with van der Waals surface area (Å²) in [7, 11) is 1.71. The van der Waals surface area contributed by atoms with E-state index < -0.39 is 0 Å². The molecule has 0 spiro atoms. The van der Waals surface area contributed by atoms with Gasteiger partial charge in [0.25, 0.3) is 0 Å². The number of carbonyl (C=O) groups is 1. The number of methoxy groups -OCH3 is 1. The molecule has 2 aliphatic carbocycles. The molecule has 0 amide bonds. The quantitative estimate of drug-likeness (QED) is 0.507. The van der Waals surface area contributed by atoms with E-state index in [4.69, 9.17) is 4.74 Å². The number of ether oxygens (including phenoxy) is 1. The highest BCUT2D eigenvalue weighted by atomic mass is 16.5. The molecule has 5 rings (SSSR count). The first kappa shape index (κ1) is 18.6. The van der Waals surface area contributed by atoms with Crippen molar-refractivity contribution in [2.75, 3.05) is 7.11 Å². The van der Waals surface area contributed by atoms with Crippen molar-refractivity contribution in [2.45, 2.75) is 20.3 Å². The maximum absolute atomic E-state index is 13.0. The summed E-state index contributed by atoms with van der Waals surface area (Å²) in [6.07, 6.45) is 2.70. The number of hydrogen-bond donors (Lipinski definition) is 0. The molecule has 0 radical (unpaired) electrons. The molecule has 0 saturated heterocycles. The van der Waals surface area contributed by atoms with E-state index >= 15 is 0 Å². The van der Waals surface area contributed by atoms with Gasteiger partial charge >= 0.3 is 0 Å². The molecule has 0 unspecified atom stereocenters. The van der Waals surface area contributed by atoms with Crippen molar-refractivity contribution in [3.05, 3.63) is 112 Å². The van der Waals surface area contributed by atoms with Gasteiger partial charge in [0.15, 0.2) is 5.78 Å². The molecule has 0 aliphatic heterocycles. The Morgan fingerprint density at radius 2 is 1.50 bits per heavy atom. The Kier molecular flexibility index (Phi) is 4.25. The third-order valence-corrected chi connectivity index (χ3v) is 6.26. The van der Waals surface area contributed by atoms with Crippen molar-refractivity contribution in [1.82, 2.24) is 0 Å². The van der Waals surface area contributed by atoms with E-state index in [-0.39, 0.29) is 11.2 Å². The minimum absolute atomic E-state index is 0.0911. The van der Waals surface area contributed by atoms with Crippen LogP contribution in [-0.4, -0.2) is 12.9 Å². The summed E-state index contributed by atoms with van der Waals surface area (Å²) in [6, 6.07) is 24.8. The first-order chi connectivity index (χ1) is 14.5. The highest BCUT2D eigenvalue weighted by molar-refractivity contribution is 6.19. The summed E-state index contributed by atoms with van der Waals surface area (Å²) in [5.74, 6) is 0.950. The Balaban J connectivity index is 1.95. The molecule has 2 aliphatic rings. The lowest BCUT2D eigenvalue weighted by molar-refractivity contribution is 0.104. The summed E-state index contributed by atoms with van der Waals surface area (Å²) in [5.41, 5.74) is 8.68. The molecule has 0 bridgehead atoms. The van der Waals surface area contributed by atoms with Gasteiger partial charge in [0.2, 0.25) is 0 Å². The van der Waals surface area contributed by atoms with Gasteiger partial charge in [-0.25, -0.2) is 0 Å². The van der Waals surface area contributed by atoms with Crippen molar-refractivity contribution in [3.8, 4) is 5.75 Å². The Labute approximate surface area is 177 Å². The molecule has 2 nitrogen and oxygen atoms in total. The van der Waals surface area contributed by atoms with Gasteiger partial charge in [-0.3, -0.25) is 4.79 Å². The SMILES string of the molecule is COc1ccc2c(c1)CC(C)(C)C1=CC(=O)c3ccccc3C1=C2c1ccccc1. The minimum atomic E-state index is -0.198. The van der Waals surface area contributed by atoms with Gasteiger partial charge in [0, 0.05) is 5.56 Å². The molecule has 0 heterocycles. The lowest BCUT2D eigenvalue weighted by Crippen LogP contribution is -2.22. The fourth-order valence-corrected chi connectivity index (χ4v) is 4.84. The van der Waals surface area contributed by atoms with Crippen molar-refractivity contribution >= 4 is 16.9 Å². The second-order valence-corrected chi connectivity index (χ2v) is 8.67. The van der Waals surface area contributed by atoms with E-state index in [9.17, 15) is 4.79 Å². The van der Waals surface area contributed by atoms with Crippen LogP contribution in [0, 0.1) is 5.41 Å². The predicted octanol–water partition coefficient (Wildman–Crippen LogP) is 6.36. The van der Waals surface area contributed by atoms with Gasteiger partial charge in [-0.2, -0.15) is 0 Å². The molecule has 0 atom stereocenters. The van der Waals surface area contributed by atoms with E-state index in [1.165, 1.54) is 22.3 Å². The number of allylic oxidation sites excluding steroid dienone is 3. The Morgan fingerprint density at radius 3 is 2.23 bits per heavy atom. The summed E-state index contributed by atoms with van der Waals surface area (Å²) in [6.45, 7) is 4.47. The van der Waals surface area contributed by atoms with Gasteiger partial charge in [-0.05, 0) is 69.0 Å². The molecule has 0 N–H and O–H groups in total. The largest absolute Gasteiger partial charge is 0.497 e. The van der Waals surface area contributed by atoms with Crippen LogP contribution in [0.15, 0.2) is 84.4 Å². The zero-order valence-electron chi connectivity index (χ0n) is 17.5. The van der Waals surface area contributed by atoms with Gasteiger partial charge in [0.1, 0.15) is 5.75 Å². The Morgan fingerprint density at radius 1 is 0.800 bits per heavy atom. The number of fused-ring (bicyclic) bond motifs is 4. The van der Waals surface area contributed by atoms with Crippen LogP contribution in [0.1, 0.15) is 46.5 Å². The maximum atomic E-state index is 13.0.